The van der Waals surface area contributed by atoms with Gasteiger partial charge in [0.15, 0.2) is 0 Å². The summed E-state index contributed by atoms with van der Waals surface area (Å²) in [7, 11) is 0. The molecule has 0 aliphatic heterocycles. The van der Waals surface area contributed by atoms with Crippen molar-refractivity contribution in [1.29, 1.82) is 0 Å². The maximum atomic E-state index is 11.4. The fraction of sp³-hybridized carbons (Fsp3) is 0.0909. The molecular formula is C11H10ClN3O4. The molecule has 0 bridgehead atoms. The van der Waals surface area contributed by atoms with Gasteiger partial charge in [-0.25, -0.2) is 0 Å². The smallest absolute Gasteiger partial charge is 0.313 e. The van der Waals surface area contributed by atoms with Crippen LogP contribution in [0.15, 0.2) is 30.9 Å². The number of carbonyl (C=O) groups excluding carboxylic acids is 2. The molecule has 2 amide bonds. The Labute approximate surface area is 113 Å². The number of nitro benzene ring substituents is 1. The van der Waals surface area contributed by atoms with Crippen LogP contribution in [0.2, 0.25) is 5.02 Å². The number of hydrogen-bond acceptors (Lipinski definition) is 4. The molecule has 0 saturated heterocycles. The Morgan fingerprint density at radius 2 is 2.11 bits per heavy atom. The van der Waals surface area contributed by atoms with E-state index in [1.165, 1.54) is 18.2 Å². The van der Waals surface area contributed by atoms with Gasteiger partial charge in [0, 0.05) is 18.3 Å². The van der Waals surface area contributed by atoms with Gasteiger partial charge in [0.2, 0.25) is 0 Å². The second kappa shape index (κ2) is 6.50. The van der Waals surface area contributed by atoms with Crippen LogP contribution in [0.1, 0.15) is 0 Å². The van der Waals surface area contributed by atoms with Crippen molar-refractivity contribution >= 4 is 34.8 Å². The molecule has 0 aromatic heterocycles. The minimum absolute atomic E-state index is 0.0564. The van der Waals surface area contributed by atoms with Crippen molar-refractivity contribution in [2.75, 3.05) is 11.9 Å². The Hall–Kier alpha value is -2.41. The second-order valence-electron chi connectivity index (χ2n) is 3.38. The topological polar surface area (TPSA) is 101 Å². The Balaban J connectivity index is 2.80. The quantitative estimate of drug-likeness (QED) is 0.378. The highest BCUT2D eigenvalue weighted by atomic mass is 35.5. The number of benzene rings is 1. The van der Waals surface area contributed by atoms with E-state index in [1.807, 2.05) is 0 Å². The van der Waals surface area contributed by atoms with E-state index < -0.39 is 16.7 Å². The Morgan fingerprint density at radius 1 is 1.42 bits per heavy atom. The first-order chi connectivity index (χ1) is 8.95. The largest absolute Gasteiger partial charge is 0.344 e. The molecule has 0 radical (unpaired) electrons. The Morgan fingerprint density at radius 3 is 2.68 bits per heavy atom. The van der Waals surface area contributed by atoms with Crippen molar-refractivity contribution in [3.63, 3.8) is 0 Å². The van der Waals surface area contributed by atoms with E-state index >= 15 is 0 Å². The predicted molar refractivity (Wildman–Crippen MR) is 69.9 cm³/mol. The van der Waals surface area contributed by atoms with E-state index in [1.54, 1.807) is 0 Å². The number of amides is 2. The molecule has 0 fully saturated rings. The number of halogens is 1. The summed E-state index contributed by atoms with van der Waals surface area (Å²) in [6, 6.07) is 3.69. The summed E-state index contributed by atoms with van der Waals surface area (Å²) in [5.41, 5.74) is -0.249. The van der Waals surface area contributed by atoms with Crippen LogP contribution >= 0.6 is 11.6 Å². The van der Waals surface area contributed by atoms with Crippen LogP contribution in [-0.4, -0.2) is 23.3 Å². The second-order valence-corrected chi connectivity index (χ2v) is 3.78. The van der Waals surface area contributed by atoms with Crippen molar-refractivity contribution in [2.45, 2.75) is 0 Å². The van der Waals surface area contributed by atoms with Crippen molar-refractivity contribution in [3.8, 4) is 0 Å². The third-order valence-electron chi connectivity index (χ3n) is 2.01. The van der Waals surface area contributed by atoms with Crippen molar-refractivity contribution in [1.82, 2.24) is 5.32 Å². The molecule has 8 heteroatoms. The van der Waals surface area contributed by atoms with E-state index in [9.17, 15) is 19.7 Å². The van der Waals surface area contributed by atoms with Crippen LogP contribution in [0.5, 0.6) is 0 Å². The Kier molecular flexibility index (Phi) is 5.01. The number of nitrogens with zero attached hydrogens (tertiary/aromatic N) is 1. The third-order valence-corrected chi connectivity index (χ3v) is 2.33. The van der Waals surface area contributed by atoms with Gasteiger partial charge in [0.25, 0.3) is 5.69 Å². The molecule has 0 unspecified atom stereocenters. The highest BCUT2D eigenvalue weighted by Crippen LogP contribution is 2.27. The normalized spacial score (nSPS) is 9.53. The summed E-state index contributed by atoms with van der Waals surface area (Å²) in [4.78, 5) is 32.7. The lowest BCUT2D eigenvalue weighted by molar-refractivity contribution is -0.384. The lowest BCUT2D eigenvalue weighted by Gasteiger charge is -2.05. The molecular weight excluding hydrogens is 274 g/mol. The van der Waals surface area contributed by atoms with Gasteiger partial charge in [-0.15, -0.1) is 6.58 Å². The van der Waals surface area contributed by atoms with E-state index in [-0.39, 0.29) is 22.9 Å². The van der Waals surface area contributed by atoms with Crippen LogP contribution in [0, 0.1) is 10.1 Å². The minimum Gasteiger partial charge on any atom is -0.344 e. The summed E-state index contributed by atoms with van der Waals surface area (Å²) in [6.45, 7) is 3.53. The molecule has 0 aliphatic carbocycles. The minimum atomic E-state index is -0.932. The molecule has 100 valence electrons. The van der Waals surface area contributed by atoms with Crippen LogP contribution in [0.3, 0.4) is 0 Å². The molecule has 0 atom stereocenters. The zero-order chi connectivity index (χ0) is 14.4. The maximum absolute atomic E-state index is 11.4. The highest BCUT2D eigenvalue weighted by molar-refractivity contribution is 6.39. The molecule has 0 heterocycles. The van der Waals surface area contributed by atoms with Crippen LogP contribution < -0.4 is 10.6 Å². The first kappa shape index (κ1) is 14.7. The van der Waals surface area contributed by atoms with E-state index in [2.05, 4.69) is 17.2 Å². The van der Waals surface area contributed by atoms with Gasteiger partial charge in [0.05, 0.1) is 4.92 Å². The SMILES string of the molecule is C=CCNC(=O)C(=O)Nc1ccc(Cl)c([N+](=O)[O-])c1. The van der Waals surface area contributed by atoms with Crippen LogP contribution in [0.4, 0.5) is 11.4 Å². The van der Waals surface area contributed by atoms with Gasteiger partial charge in [0.1, 0.15) is 5.02 Å². The molecule has 7 nitrogen and oxygen atoms in total. The predicted octanol–water partition coefficient (Wildman–Crippen LogP) is 1.49. The summed E-state index contributed by atoms with van der Waals surface area (Å²) in [6.07, 6.45) is 1.41. The zero-order valence-electron chi connectivity index (χ0n) is 9.68. The average Bonchev–Trinajstić information content (AvgIpc) is 2.37. The molecule has 2 N–H and O–H groups in total. The monoisotopic (exact) mass is 283 g/mol. The lowest BCUT2D eigenvalue weighted by atomic mass is 10.2. The van der Waals surface area contributed by atoms with Crippen molar-refractivity contribution in [2.24, 2.45) is 0 Å². The fourth-order valence-corrected chi connectivity index (χ4v) is 1.35. The average molecular weight is 284 g/mol. The number of rotatable bonds is 4. The summed E-state index contributed by atoms with van der Waals surface area (Å²) in [5, 5.41) is 15.1. The number of nitrogens with one attached hydrogen (secondary N) is 2. The fourth-order valence-electron chi connectivity index (χ4n) is 1.16. The summed E-state index contributed by atoms with van der Waals surface area (Å²) >= 11 is 5.61. The van der Waals surface area contributed by atoms with Gasteiger partial charge >= 0.3 is 11.8 Å². The van der Waals surface area contributed by atoms with Gasteiger partial charge in [-0.3, -0.25) is 19.7 Å². The maximum Gasteiger partial charge on any atom is 0.313 e. The highest BCUT2D eigenvalue weighted by Gasteiger charge is 2.16. The molecule has 1 aromatic rings. The van der Waals surface area contributed by atoms with E-state index in [4.69, 9.17) is 11.6 Å². The van der Waals surface area contributed by atoms with Gasteiger partial charge in [-0.2, -0.15) is 0 Å². The standard InChI is InChI=1S/C11H10ClN3O4/c1-2-5-13-10(16)11(17)14-7-3-4-8(12)9(6-7)15(18)19/h2-4,6H,1,5H2,(H,13,16)(H,14,17). The molecule has 0 spiro atoms. The number of hydrogen-bond donors (Lipinski definition) is 2. The molecule has 19 heavy (non-hydrogen) atoms. The van der Waals surface area contributed by atoms with Gasteiger partial charge in [-0.1, -0.05) is 17.7 Å². The van der Waals surface area contributed by atoms with Crippen LogP contribution in [0.25, 0.3) is 0 Å². The first-order valence-corrected chi connectivity index (χ1v) is 5.47. The summed E-state index contributed by atoms with van der Waals surface area (Å²) < 4.78 is 0. The van der Waals surface area contributed by atoms with Gasteiger partial charge in [-0.05, 0) is 12.1 Å². The number of anilines is 1. The zero-order valence-corrected chi connectivity index (χ0v) is 10.4. The summed E-state index contributed by atoms with van der Waals surface area (Å²) in [5.74, 6) is -1.80. The van der Waals surface area contributed by atoms with Crippen molar-refractivity contribution < 1.29 is 14.5 Å². The number of carbonyl (C=O) groups is 2. The van der Waals surface area contributed by atoms with E-state index in [0.717, 1.165) is 6.07 Å². The molecule has 0 aliphatic rings. The van der Waals surface area contributed by atoms with Crippen molar-refractivity contribution in [3.05, 3.63) is 46.0 Å². The molecule has 0 saturated carbocycles. The van der Waals surface area contributed by atoms with Gasteiger partial charge < -0.3 is 10.6 Å². The molecule has 1 rings (SSSR count). The first-order valence-electron chi connectivity index (χ1n) is 5.09. The molecule has 1 aromatic carbocycles. The lowest BCUT2D eigenvalue weighted by Crippen LogP contribution is -2.35. The van der Waals surface area contributed by atoms with Crippen LogP contribution in [-0.2, 0) is 9.59 Å². The number of nitro groups is 1. The van der Waals surface area contributed by atoms with E-state index in [0.29, 0.717) is 0 Å². The Bertz CT molecular complexity index is 545. The third kappa shape index (κ3) is 4.07.